The van der Waals surface area contributed by atoms with Gasteiger partial charge in [0.05, 0.1) is 23.3 Å². The number of phenols is 1. The molecule has 160 valence electrons. The Bertz CT molecular complexity index is 1100. The summed E-state index contributed by atoms with van der Waals surface area (Å²) in [5, 5.41) is 20.4. The van der Waals surface area contributed by atoms with E-state index in [0.717, 1.165) is 0 Å². The lowest BCUT2D eigenvalue weighted by molar-refractivity contribution is -0.192. The highest BCUT2D eigenvalue weighted by Gasteiger charge is 2.38. The van der Waals surface area contributed by atoms with E-state index in [1.54, 1.807) is 12.1 Å². The van der Waals surface area contributed by atoms with E-state index >= 15 is 0 Å². The minimum absolute atomic E-state index is 0.0245. The van der Waals surface area contributed by atoms with Gasteiger partial charge in [0, 0.05) is 15.9 Å². The largest absolute Gasteiger partial charge is 0.504 e. The smallest absolute Gasteiger partial charge is 0.490 e. The van der Waals surface area contributed by atoms with Crippen molar-refractivity contribution in [2.45, 2.75) is 6.18 Å². The van der Waals surface area contributed by atoms with Gasteiger partial charge in [0.15, 0.2) is 17.3 Å². The van der Waals surface area contributed by atoms with E-state index in [-0.39, 0.29) is 22.2 Å². The van der Waals surface area contributed by atoms with Crippen LogP contribution in [0.15, 0.2) is 35.1 Å². The number of aromatic nitrogens is 2. The number of hydrogen-bond acceptors (Lipinski definition) is 6. The number of carboxylic acid groups (broad SMARTS) is 1. The van der Waals surface area contributed by atoms with Crippen LogP contribution in [0.4, 0.5) is 29.1 Å². The molecule has 0 saturated carbocycles. The fourth-order valence-electron chi connectivity index (χ4n) is 2.09. The maximum absolute atomic E-state index is 14.2. The first-order valence-electron chi connectivity index (χ1n) is 7.68. The maximum atomic E-state index is 14.2. The average Bonchev–Trinajstić information content (AvgIpc) is 2.67. The van der Waals surface area contributed by atoms with Crippen LogP contribution in [-0.4, -0.2) is 39.4 Å². The molecule has 3 aromatic rings. The number of aliphatic carboxylic acids is 1. The summed E-state index contributed by atoms with van der Waals surface area (Å²) in [6.45, 7) is 0. The van der Waals surface area contributed by atoms with Crippen LogP contribution in [0.1, 0.15) is 0 Å². The lowest BCUT2D eigenvalue weighted by Gasteiger charge is -2.12. The first kappa shape index (κ1) is 23.4. The van der Waals surface area contributed by atoms with Gasteiger partial charge in [-0.15, -0.1) is 0 Å². The van der Waals surface area contributed by atoms with E-state index in [0.29, 0.717) is 21.2 Å². The summed E-state index contributed by atoms with van der Waals surface area (Å²) in [7, 11) is 1.44. The molecule has 7 nitrogen and oxygen atoms in total. The molecule has 0 aliphatic carbocycles. The number of ether oxygens (including phenoxy) is 1. The summed E-state index contributed by atoms with van der Waals surface area (Å²) in [6, 6.07) is 6.19. The van der Waals surface area contributed by atoms with E-state index in [2.05, 4.69) is 31.2 Å². The summed E-state index contributed by atoms with van der Waals surface area (Å²) in [5.74, 6) is -2.76. The number of halogens is 6. The van der Waals surface area contributed by atoms with Gasteiger partial charge in [0.25, 0.3) is 0 Å². The Morgan fingerprint density at radius 3 is 2.47 bits per heavy atom. The van der Waals surface area contributed by atoms with Crippen LogP contribution in [-0.2, 0) is 4.79 Å². The van der Waals surface area contributed by atoms with Gasteiger partial charge in [0.1, 0.15) is 12.1 Å². The molecule has 30 heavy (non-hydrogen) atoms. The molecule has 1 heterocycles. The highest BCUT2D eigenvalue weighted by molar-refractivity contribution is 9.10. The molecular formula is C17H11BrClF4N3O4. The Morgan fingerprint density at radius 2 is 1.90 bits per heavy atom. The van der Waals surface area contributed by atoms with E-state index in [1.807, 2.05) is 0 Å². The topological polar surface area (TPSA) is 105 Å². The lowest BCUT2D eigenvalue weighted by atomic mass is 10.2. The molecule has 0 fully saturated rings. The van der Waals surface area contributed by atoms with Crippen molar-refractivity contribution in [3.05, 3.63) is 45.9 Å². The molecule has 0 aliphatic rings. The molecule has 1 aromatic heterocycles. The van der Waals surface area contributed by atoms with Crippen molar-refractivity contribution in [1.82, 2.24) is 9.97 Å². The third-order valence-corrected chi connectivity index (χ3v) is 4.73. The van der Waals surface area contributed by atoms with Crippen LogP contribution in [0.5, 0.6) is 11.5 Å². The summed E-state index contributed by atoms with van der Waals surface area (Å²) in [6.07, 6.45) is -3.77. The van der Waals surface area contributed by atoms with Crippen LogP contribution in [0.3, 0.4) is 0 Å². The fourth-order valence-corrected chi connectivity index (χ4v) is 2.56. The molecule has 0 aliphatic heterocycles. The Morgan fingerprint density at radius 1 is 1.27 bits per heavy atom. The molecule has 0 saturated heterocycles. The van der Waals surface area contributed by atoms with Gasteiger partial charge >= 0.3 is 12.1 Å². The van der Waals surface area contributed by atoms with Crippen LogP contribution < -0.4 is 10.1 Å². The number of hydrogen-bond donors (Lipinski definition) is 3. The maximum Gasteiger partial charge on any atom is 0.490 e. The van der Waals surface area contributed by atoms with E-state index < -0.39 is 18.0 Å². The number of anilines is 2. The number of phenolic OH excluding ortho intramolecular Hbond substituents is 1. The molecule has 2 aromatic carbocycles. The third kappa shape index (κ3) is 5.39. The first-order valence-corrected chi connectivity index (χ1v) is 8.85. The van der Waals surface area contributed by atoms with Crippen molar-refractivity contribution in [2.24, 2.45) is 0 Å². The summed E-state index contributed by atoms with van der Waals surface area (Å²) in [5.41, 5.74) is 0.662. The van der Waals surface area contributed by atoms with Gasteiger partial charge in [-0.1, -0.05) is 11.6 Å². The fraction of sp³-hybridized carbons (Fsp3) is 0.118. The molecule has 0 amide bonds. The van der Waals surface area contributed by atoms with E-state index in [9.17, 15) is 22.7 Å². The highest BCUT2D eigenvalue weighted by atomic mass is 79.9. The Labute approximate surface area is 179 Å². The highest BCUT2D eigenvalue weighted by Crippen LogP contribution is 2.35. The standard InChI is InChI=1S/C15H10BrClFN3O2.C2HF3O2/c1-23-12-4-7-10(5-11(12)22)19-6-20-15(7)21-9-3-2-8(16)13(17)14(9)18;3-2(4,5)1(6)7/h2-6,22H,1H3,(H,19,20,21);(H,6,7). The second kappa shape index (κ2) is 9.30. The molecule has 0 unspecified atom stereocenters. The van der Waals surface area contributed by atoms with Gasteiger partial charge in [-0.3, -0.25) is 0 Å². The zero-order chi connectivity index (χ0) is 22.6. The van der Waals surface area contributed by atoms with Crippen LogP contribution >= 0.6 is 27.5 Å². The quantitative estimate of drug-likeness (QED) is 0.324. The lowest BCUT2D eigenvalue weighted by Crippen LogP contribution is -2.21. The third-order valence-electron chi connectivity index (χ3n) is 3.47. The molecule has 3 N–H and O–H groups in total. The van der Waals surface area contributed by atoms with Gasteiger partial charge in [-0.2, -0.15) is 13.2 Å². The Kier molecular flexibility index (Phi) is 7.26. The van der Waals surface area contributed by atoms with Crippen molar-refractivity contribution < 1.29 is 37.3 Å². The number of nitrogens with zero attached hydrogens (tertiary/aromatic N) is 2. The van der Waals surface area contributed by atoms with E-state index in [4.69, 9.17) is 26.2 Å². The normalized spacial score (nSPS) is 10.9. The number of nitrogens with one attached hydrogen (secondary N) is 1. The number of aromatic hydroxyl groups is 1. The zero-order valence-corrected chi connectivity index (χ0v) is 17.1. The number of carboxylic acids is 1. The van der Waals surface area contributed by atoms with Crippen LogP contribution in [0, 0.1) is 5.82 Å². The number of fused-ring (bicyclic) bond motifs is 1. The van der Waals surface area contributed by atoms with Gasteiger partial charge < -0.3 is 20.3 Å². The molecule has 0 atom stereocenters. The monoisotopic (exact) mass is 511 g/mol. The second-order valence-corrected chi connectivity index (χ2v) is 6.65. The van der Waals surface area contributed by atoms with Crippen molar-refractivity contribution in [3.63, 3.8) is 0 Å². The summed E-state index contributed by atoms with van der Waals surface area (Å²) < 4.78 is 51.5. The summed E-state index contributed by atoms with van der Waals surface area (Å²) in [4.78, 5) is 17.1. The SMILES string of the molecule is COc1cc2c(Nc3ccc(Br)c(Cl)c3F)ncnc2cc1O.O=C(O)C(F)(F)F. The van der Waals surface area contributed by atoms with E-state index in [1.165, 1.54) is 25.6 Å². The van der Waals surface area contributed by atoms with Crippen molar-refractivity contribution >= 4 is 55.9 Å². The van der Waals surface area contributed by atoms with Gasteiger partial charge in [-0.25, -0.2) is 19.2 Å². The molecule has 0 bridgehead atoms. The number of benzene rings is 2. The predicted molar refractivity (Wildman–Crippen MR) is 104 cm³/mol. The number of rotatable bonds is 3. The summed E-state index contributed by atoms with van der Waals surface area (Å²) >= 11 is 9.05. The molecule has 13 heteroatoms. The van der Waals surface area contributed by atoms with Crippen molar-refractivity contribution in [3.8, 4) is 11.5 Å². The number of alkyl halides is 3. The Balaban J connectivity index is 0.000000396. The molecule has 0 spiro atoms. The minimum Gasteiger partial charge on any atom is -0.504 e. The molecular weight excluding hydrogens is 502 g/mol. The average molecular weight is 513 g/mol. The predicted octanol–water partition coefficient (Wildman–Crippen LogP) is 5.28. The first-order chi connectivity index (χ1) is 14.0. The second-order valence-electron chi connectivity index (χ2n) is 5.41. The van der Waals surface area contributed by atoms with Gasteiger partial charge in [-0.05, 0) is 34.1 Å². The molecule has 3 rings (SSSR count). The van der Waals surface area contributed by atoms with Crippen molar-refractivity contribution in [2.75, 3.05) is 12.4 Å². The number of methoxy groups -OCH3 is 1. The van der Waals surface area contributed by atoms with Gasteiger partial charge in [0.2, 0.25) is 0 Å². The Hall–Kier alpha value is -2.86. The molecule has 0 radical (unpaired) electrons. The van der Waals surface area contributed by atoms with Crippen LogP contribution in [0.25, 0.3) is 10.9 Å². The minimum atomic E-state index is -5.08. The number of carbonyl (C=O) groups is 1. The van der Waals surface area contributed by atoms with Crippen molar-refractivity contribution in [1.29, 1.82) is 0 Å². The van der Waals surface area contributed by atoms with Crippen LogP contribution in [0.2, 0.25) is 5.02 Å². The zero-order valence-electron chi connectivity index (χ0n) is 14.8.